The summed E-state index contributed by atoms with van der Waals surface area (Å²) in [6.07, 6.45) is 4.04. The van der Waals surface area contributed by atoms with E-state index < -0.39 is 0 Å². The van der Waals surface area contributed by atoms with Crippen LogP contribution < -0.4 is 16.3 Å². The van der Waals surface area contributed by atoms with Crippen molar-refractivity contribution in [3.05, 3.63) is 150 Å². The van der Waals surface area contributed by atoms with Gasteiger partial charge >= 0.3 is 0 Å². The minimum Gasteiger partial charge on any atom is -0.306 e. The molecule has 0 unspecified atom stereocenters. The molecule has 1 heterocycles. The quantitative estimate of drug-likeness (QED) is 0.203. The Labute approximate surface area is 216 Å². The number of nitrogens with zero attached hydrogens (tertiary/aromatic N) is 2. The molecule has 2 atom stereocenters. The lowest BCUT2D eigenvalue weighted by atomic mass is 9.97. The summed E-state index contributed by atoms with van der Waals surface area (Å²) >= 11 is 1.80. The van der Waals surface area contributed by atoms with Gasteiger partial charge in [0.15, 0.2) is 0 Å². The van der Waals surface area contributed by atoms with Gasteiger partial charge in [-0.15, -0.1) is 11.8 Å². The Hall–Kier alpha value is -4.29. The van der Waals surface area contributed by atoms with Gasteiger partial charge in [0.1, 0.15) is 6.04 Å². The molecule has 0 aliphatic carbocycles. The highest BCUT2D eigenvalue weighted by Crippen LogP contribution is 2.36. The molecule has 3 N–H and O–H groups in total. The summed E-state index contributed by atoms with van der Waals surface area (Å²) in [6.45, 7) is 0. The molecule has 5 rings (SSSR count). The van der Waals surface area contributed by atoms with Crippen molar-refractivity contribution in [2.75, 3.05) is 0 Å². The highest BCUT2D eigenvalue weighted by atomic mass is 32.2. The zero-order valence-electron chi connectivity index (χ0n) is 19.7. The molecule has 6 heteroatoms. The zero-order chi connectivity index (χ0) is 24.4. The lowest BCUT2D eigenvalue weighted by Crippen LogP contribution is -2.44. The fourth-order valence-electron chi connectivity index (χ4n) is 3.91. The molecule has 1 aliphatic heterocycles. The predicted molar refractivity (Wildman–Crippen MR) is 150 cm³/mol. The van der Waals surface area contributed by atoms with Crippen LogP contribution >= 0.6 is 11.8 Å². The second-order valence-electron chi connectivity index (χ2n) is 8.16. The van der Waals surface area contributed by atoms with E-state index in [2.05, 4.69) is 100 Å². The standard InChI is InChI=1S/C30H27N5S/c1-5-13-23(14-6-1)27(36-26-19-11-4-12-20-26)21-22-31-34-30-32-28(24-15-7-2-8-16-24)29(33-35-30)25-17-9-3-10-18-25/h1-22,27-28,31H,(H2,32,34,35)/b22-21-/t27-,28-/m0/s1. The Morgan fingerprint density at radius 1 is 0.750 bits per heavy atom. The fraction of sp³-hybridized carbons (Fsp3) is 0.0667. The Balaban J connectivity index is 1.29. The van der Waals surface area contributed by atoms with Crippen LogP contribution in [-0.2, 0) is 0 Å². The lowest BCUT2D eigenvalue weighted by molar-refractivity contribution is 0.735. The molecule has 0 amide bonds. The minimum absolute atomic E-state index is 0.156. The van der Waals surface area contributed by atoms with Crippen LogP contribution in [-0.4, -0.2) is 11.7 Å². The molecule has 5 nitrogen and oxygen atoms in total. The predicted octanol–water partition coefficient (Wildman–Crippen LogP) is 6.23. The summed E-state index contributed by atoms with van der Waals surface area (Å²) in [5.74, 6) is 0.556. The van der Waals surface area contributed by atoms with Crippen LogP contribution in [0.5, 0.6) is 0 Å². The maximum absolute atomic E-state index is 4.91. The van der Waals surface area contributed by atoms with E-state index in [0.29, 0.717) is 5.96 Å². The van der Waals surface area contributed by atoms with Crippen molar-refractivity contribution in [3.63, 3.8) is 0 Å². The van der Waals surface area contributed by atoms with Crippen LogP contribution in [0.25, 0.3) is 0 Å². The average Bonchev–Trinajstić information content (AvgIpc) is 2.96. The molecule has 36 heavy (non-hydrogen) atoms. The smallest absolute Gasteiger partial charge is 0.232 e. The van der Waals surface area contributed by atoms with Crippen molar-refractivity contribution in [1.82, 2.24) is 16.3 Å². The third kappa shape index (κ3) is 6.03. The average molecular weight is 490 g/mol. The summed E-state index contributed by atoms with van der Waals surface area (Å²) in [5, 5.41) is 4.82. The molecule has 0 aromatic heterocycles. The number of thioether (sulfide) groups is 1. The summed E-state index contributed by atoms with van der Waals surface area (Å²) < 4.78 is 0. The first-order chi connectivity index (χ1) is 17.9. The van der Waals surface area contributed by atoms with Gasteiger partial charge in [-0.2, -0.15) is 5.10 Å². The van der Waals surface area contributed by atoms with E-state index in [0.717, 1.165) is 16.8 Å². The zero-order valence-corrected chi connectivity index (χ0v) is 20.5. The van der Waals surface area contributed by atoms with Gasteiger partial charge < -0.3 is 5.43 Å². The van der Waals surface area contributed by atoms with Crippen molar-refractivity contribution < 1.29 is 0 Å². The molecule has 0 saturated carbocycles. The second kappa shape index (κ2) is 11.9. The van der Waals surface area contributed by atoms with Crippen LogP contribution in [0.15, 0.2) is 149 Å². The number of guanidine groups is 1. The van der Waals surface area contributed by atoms with Crippen LogP contribution in [0.1, 0.15) is 28.0 Å². The van der Waals surface area contributed by atoms with Gasteiger partial charge in [-0.1, -0.05) is 109 Å². The largest absolute Gasteiger partial charge is 0.306 e. The number of hydrogen-bond acceptors (Lipinski definition) is 6. The molecule has 0 spiro atoms. The molecule has 4 aromatic rings. The van der Waals surface area contributed by atoms with Gasteiger partial charge in [0.2, 0.25) is 5.96 Å². The first-order valence-corrected chi connectivity index (χ1v) is 12.7. The molecule has 0 radical (unpaired) electrons. The molecule has 0 saturated heterocycles. The summed E-state index contributed by atoms with van der Waals surface area (Å²) in [7, 11) is 0. The number of hydrazine groups is 1. The van der Waals surface area contributed by atoms with Gasteiger partial charge in [-0.3, -0.25) is 5.43 Å². The maximum atomic E-state index is 4.91. The first kappa shape index (κ1) is 23.5. The Morgan fingerprint density at radius 2 is 1.36 bits per heavy atom. The molecule has 4 aromatic carbocycles. The van der Waals surface area contributed by atoms with E-state index in [4.69, 9.17) is 4.99 Å². The normalized spacial score (nSPS) is 15.9. The molecule has 0 bridgehead atoms. The highest BCUT2D eigenvalue weighted by Gasteiger charge is 2.23. The van der Waals surface area contributed by atoms with E-state index in [1.54, 1.807) is 11.8 Å². The van der Waals surface area contributed by atoms with E-state index in [9.17, 15) is 0 Å². The monoisotopic (exact) mass is 489 g/mol. The second-order valence-corrected chi connectivity index (χ2v) is 9.37. The number of nitrogens with one attached hydrogen (secondary N) is 3. The molecule has 178 valence electrons. The fourth-order valence-corrected chi connectivity index (χ4v) is 4.96. The van der Waals surface area contributed by atoms with Crippen LogP contribution in [0.3, 0.4) is 0 Å². The Kier molecular flexibility index (Phi) is 7.76. The van der Waals surface area contributed by atoms with E-state index in [1.165, 1.54) is 10.5 Å². The van der Waals surface area contributed by atoms with Gasteiger partial charge in [0.05, 0.1) is 11.0 Å². The Bertz CT molecular complexity index is 1320. The minimum atomic E-state index is -0.214. The third-order valence-electron chi connectivity index (χ3n) is 5.66. The number of hydrazone groups is 1. The summed E-state index contributed by atoms with van der Waals surface area (Å²) in [6, 6.07) is 41.0. The van der Waals surface area contributed by atoms with Gasteiger partial charge in [0.25, 0.3) is 0 Å². The van der Waals surface area contributed by atoms with Crippen molar-refractivity contribution in [2.45, 2.75) is 16.2 Å². The third-order valence-corrected chi connectivity index (χ3v) is 6.89. The number of aliphatic imine (C=N–C) groups is 1. The van der Waals surface area contributed by atoms with E-state index in [-0.39, 0.29) is 11.3 Å². The van der Waals surface area contributed by atoms with Gasteiger partial charge in [-0.25, -0.2) is 10.4 Å². The Morgan fingerprint density at radius 3 is 2.06 bits per heavy atom. The SMILES string of the molecule is C(=C/[C@H](Sc1ccccc1)c1ccccc1)/NNC1=N[C@@H](c2ccccc2)C(c2ccccc2)=NN1. The van der Waals surface area contributed by atoms with Crippen molar-refractivity contribution in [3.8, 4) is 0 Å². The molecule has 1 aliphatic rings. The first-order valence-electron chi connectivity index (χ1n) is 11.8. The molecular formula is C30H27N5S. The van der Waals surface area contributed by atoms with E-state index in [1.807, 2.05) is 54.7 Å². The maximum Gasteiger partial charge on any atom is 0.232 e. The number of hydrogen-bond donors (Lipinski definition) is 3. The molecule has 0 fully saturated rings. The van der Waals surface area contributed by atoms with E-state index >= 15 is 0 Å². The topological polar surface area (TPSA) is 60.8 Å². The number of benzene rings is 4. The summed E-state index contributed by atoms with van der Waals surface area (Å²) in [5.41, 5.74) is 13.6. The summed E-state index contributed by atoms with van der Waals surface area (Å²) in [4.78, 5) is 6.13. The van der Waals surface area contributed by atoms with Crippen molar-refractivity contribution in [1.29, 1.82) is 0 Å². The highest BCUT2D eigenvalue weighted by molar-refractivity contribution is 7.99. The van der Waals surface area contributed by atoms with Gasteiger partial charge in [-0.05, 0) is 29.3 Å². The van der Waals surface area contributed by atoms with Crippen molar-refractivity contribution >= 4 is 23.4 Å². The van der Waals surface area contributed by atoms with Gasteiger partial charge in [0, 0.05) is 16.7 Å². The number of rotatable bonds is 8. The lowest BCUT2D eigenvalue weighted by Gasteiger charge is -2.23. The van der Waals surface area contributed by atoms with Crippen LogP contribution in [0.2, 0.25) is 0 Å². The van der Waals surface area contributed by atoms with Crippen LogP contribution in [0.4, 0.5) is 0 Å². The molecular weight excluding hydrogens is 462 g/mol. The van der Waals surface area contributed by atoms with Crippen LogP contribution in [0, 0.1) is 0 Å². The van der Waals surface area contributed by atoms with Crippen molar-refractivity contribution in [2.24, 2.45) is 10.1 Å².